The molecule has 158 valence electrons. The maximum atomic E-state index is 12.6. The van der Waals surface area contributed by atoms with Crippen molar-refractivity contribution in [2.75, 3.05) is 29.9 Å². The predicted molar refractivity (Wildman–Crippen MR) is 112 cm³/mol. The van der Waals surface area contributed by atoms with Gasteiger partial charge in [-0.2, -0.15) is 4.31 Å². The van der Waals surface area contributed by atoms with Gasteiger partial charge in [0, 0.05) is 37.4 Å². The molecule has 0 saturated carbocycles. The number of carbonyl (C=O) groups is 2. The lowest BCUT2D eigenvalue weighted by molar-refractivity contribution is -0.122. The third-order valence-electron chi connectivity index (χ3n) is 5.48. The third kappa shape index (κ3) is 4.03. The molecular formula is C21H23N3O5S. The first-order valence-corrected chi connectivity index (χ1v) is 11.3. The quantitative estimate of drug-likeness (QED) is 0.709. The maximum absolute atomic E-state index is 12.6. The van der Waals surface area contributed by atoms with Crippen LogP contribution >= 0.6 is 0 Å². The molecule has 8 nitrogen and oxygen atoms in total. The van der Waals surface area contributed by atoms with Gasteiger partial charge in [0.05, 0.1) is 10.8 Å². The molecule has 2 aromatic rings. The van der Waals surface area contributed by atoms with Gasteiger partial charge in [0.2, 0.25) is 21.8 Å². The van der Waals surface area contributed by atoms with Crippen LogP contribution in [0, 0.1) is 5.92 Å². The molecule has 9 heteroatoms. The van der Waals surface area contributed by atoms with Crippen LogP contribution in [-0.4, -0.2) is 49.3 Å². The highest BCUT2D eigenvalue weighted by atomic mass is 32.2. The number of benzene rings is 2. The summed E-state index contributed by atoms with van der Waals surface area (Å²) >= 11 is 0. The highest BCUT2D eigenvalue weighted by Gasteiger charge is 2.35. The third-order valence-corrected chi connectivity index (χ3v) is 7.39. The average Bonchev–Trinajstić information content (AvgIpc) is 3.40. The fourth-order valence-corrected chi connectivity index (χ4v) is 5.31. The molecule has 2 amide bonds. The highest BCUT2D eigenvalue weighted by molar-refractivity contribution is 7.89. The number of nitrogens with one attached hydrogen (secondary N) is 1. The Morgan fingerprint density at radius 2 is 1.63 bits per heavy atom. The Morgan fingerprint density at radius 1 is 1.00 bits per heavy atom. The molecule has 4 rings (SSSR count). The minimum atomic E-state index is -3.51. The van der Waals surface area contributed by atoms with E-state index in [1.165, 1.54) is 33.5 Å². The Bertz CT molecular complexity index is 1050. The van der Waals surface area contributed by atoms with Crippen LogP contribution in [0.4, 0.5) is 11.4 Å². The number of hydrogen-bond donors (Lipinski definition) is 2. The van der Waals surface area contributed by atoms with Gasteiger partial charge in [-0.1, -0.05) is 0 Å². The van der Waals surface area contributed by atoms with Gasteiger partial charge >= 0.3 is 0 Å². The van der Waals surface area contributed by atoms with Crippen LogP contribution in [0.25, 0.3) is 0 Å². The number of anilines is 2. The molecule has 0 radical (unpaired) electrons. The average molecular weight is 429 g/mol. The van der Waals surface area contributed by atoms with Gasteiger partial charge in [-0.3, -0.25) is 9.59 Å². The van der Waals surface area contributed by atoms with E-state index in [1.807, 2.05) is 0 Å². The first-order chi connectivity index (χ1) is 14.3. The van der Waals surface area contributed by atoms with Crippen molar-refractivity contribution in [1.82, 2.24) is 4.31 Å². The van der Waals surface area contributed by atoms with Crippen molar-refractivity contribution < 1.29 is 23.1 Å². The van der Waals surface area contributed by atoms with E-state index in [-0.39, 0.29) is 35.4 Å². The van der Waals surface area contributed by atoms with Crippen molar-refractivity contribution in [1.29, 1.82) is 0 Å². The second-order valence-electron chi connectivity index (χ2n) is 7.55. The van der Waals surface area contributed by atoms with Gasteiger partial charge < -0.3 is 15.3 Å². The molecule has 1 atom stereocenters. The van der Waals surface area contributed by atoms with E-state index >= 15 is 0 Å². The molecule has 0 aromatic heterocycles. The van der Waals surface area contributed by atoms with Crippen LogP contribution in [0.2, 0.25) is 0 Å². The Labute approximate surface area is 175 Å². The molecule has 2 heterocycles. The SMILES string of the molecule is O=C(Nc1ccc(O)cc1)[C@@H]1CC(=O)N(c2ccc(S(=O)(=O)N3CCCC3)cc2)C1. The molecule has 30 heavy (non-hydrogen) atoms. The molecule has 2 N–H and O–H groups in total. The Morgan fingerprint density at radius 3 is 2.27 bits per heavy atom. The van der Waals surface area contributed by atoms with E-state index in [1.54, 1.807) is 24.3 Å². The molecule has 2 aliphatic rings. The second kappa shape index (κ2) is 8.08. The standard InChI is InChI=1S/C21H23N3O5S/c25-18-7-3-16(4-8-18)22-21(27)15-13-20(26)24(14-15)17-5-9-19(10-6-17)30(28,29)23-11-1-2-12-23/h3-10,15,25H,1-2,11-14H2,(H,22,27)/t15-/m1/s1. The van der Waals surface area contributed by atoms with E-state index in [0.29, 0.717) is 24.5 Å². The minimum Gasteiger partial charge on any atom is -0.508 e. The number of sulfonamides is 1. The number of carbonyl (C=O) groups excluding carboxylic acids is 2. The highest BCUT2D eigenvalue weighted by Crippen LogP contribution is 2.28. The van der Waals surface area contributed by atoms with Crippen LogP contribution in [0.15, 0.2) is 53.4 Å². The summed E-state index contributed by atoms with van der Waals surface area (Å²) in [6.45, 7) is 1.29. The summed E-state index contributed by atoms with van der Waals surface area (Å²) in [6, 6.07) is 12.4. The lowest BCUT2D eigenvalue weighted by Gasteiger charge is -2.19. The lowest BCUT2D eigenvalue weighted by Crippen LogP contribution is -2.29. The summed E-state index contributed by atoms with van der Waals surface area (Å²) in [5, 5.41) is 12.1. The zero-order valence-corrected chi connectivity index (χ0v) is 17.1. The first kappa shape index (κ1) is 20.4. The van der Waals surface area contributed by atoms with Gasteiger partial charge in [-0.25, -0.2) is 8.42 Å². The summed E-state index contributed by atoms with van der Waals surface area (Å²) in [5.74, 6) is -0.870. The fraction of sp³-hybridized carbons (Fsp3) is 0.333. The van der Waals surface area contributed by atoms with Crippen LogP contribution in [-0.2, 0) is 19.6 Å². The molecule has 0 bridgehead atoms. The Kier molecular flexibility index (Phi) is 5.48. The summed E-state index contributed by atoms with van der Waals surface area (Å²) in [6.07, 6.45) is 1.82. The number of phenols is 1. The number of amides is 2. The second-order valence-corrected chi connectivity index (χ2v) is 9.48. The molecule has 0 aliphatic carbocycles. The zero-order chi connectivity index (χ0) is 21.3. The van der Waals surface area contributed by atoms with Gasteiger partial charge in [0.15, 0.2) is 0 Å². The topological polar surface area (TPSA) is 107 Å². The first-order valence-electron chi connectivity index (χ1n) is 9.85. The smallest absolute Gasteiger partial charge is 0.243 e. The number of rotatable bonds is 5. The number of aromatic hydroxyl groups is 1. The molecule has 2 saturated heterocycles. The molecule has 2 fully saturated rings. The summed E-state index contributed by atoms with van der Waals surface area (Å²) < 4.78 is 26.8. The van der Waals surface area contributed by atoms with E-state index < -0.39 is 15.9 Å². The van der Waals surface area contributed by atoms with Crippen LogP contribution in [0.5, 0.6) is 5.75 Å². The summed E-state index contributed by atoms with van der Waals surface area (Å²) in [5.41, 5.74) is 1.11. The molecule has 2 aromatic carbocycles. The zero-order valence-electron chi connectivity index (χ0n) is 16.3. The van der Waals surface area contributed by atoms with E-state index in [2.05, 4.69) is 5.32 Å². The Hall–Kier alpha value is -2.91. The van der Waals surface area contributed by atoms with Crippen molar-refractivity contribution in [2.45, 2.75) is 24.2 Å². The maximum Gasteiger partial charge on any atom is 0.243 e. The van der Waals surface area contributed by atoms with E-state index in [4.69, 9.17) is 0 Å². The van der Waals surface area contributed by atoms with E-state index in [0.717, 1.165) is 12.8 Å². The van der Waals surface area contributed by atoms with Crippen LogP contribution in [0.1, 0.15) is 19.3 Å². The van der Waals surface area contributed by atoms with Gasteiger partial charge in [-0.05, 0) is 61.4 Å². The summed E-state index contributed by atoms with van der Waals surface area (Å²) in [4.78, 5) is 26.7. The lowest BCUT2D eigenvalue weighted by atomic mass is 10.1. The predicted octanol–water partition coefficient (Wildman–Crippen LogP) is 2.17. The van der Waals surface area contributed by atoms with Gasteiger partial charge in [0.25, 0.3) is 0 Å². The minimum absolute atomic E-state index is 0.0811. The number of nitrogens with zero attached hydrogens (tertiary/aromatic N) is 2. The number of hydrogen-bond acceptors (Lipinski definition) is 5. The largest absolute Gasteiger partial charge is 0.508 e. The van der Waals surface area contributed by atoms with Crippen LogP contribution in [0.3, 0.4) is 0 Å². The number of phenolic OH excluding ortho intramolecular Hbond substituents is 1. The van der Waals surface area contributed by atoms with Gasteiger partial charge in [-0.15, -0.1) is 0 Å². The van der Waals surface area contributed by atoms with Crippen molar-refractivity contribution in [2.24, 2.45) is 5.92 Å². The van der Waals surface area contributed by atoms with Crippen LogP contribution < -0.4 is 10.2 Å². The normalized spacial score (nSPS) is 19.9. The molecule has 2 aliphatic heterocycles. The van der Waals surface area contributed by atoms with Crippen molar-refractivity contribution in [3.8, 4) is 5.75 Å². The molecule has 0 unspecified atom stereocenters. The monoisotopic (exact) mass is 429 g/mol. The fourth-order valence-electron chi connectivity index (χ4n) is 3.80. The van der Waals surface area contributed by atoms with Crippen molar-refractivity contribution >= 4 is 33.2 Å². The van der Waals surface area contributed by atoms with Crippen molar-refractivity contribution in [3.63, 3.8) is 0 Å². The van der Waals surface area contributed by atoms with E-state index in [9.17, 15) is 23.1 Å². The molecular weight excluding hydrogens is 406 g/mol. The molecule has 0 spiro atoms. The van der Waals surface area contributed by atoms with Gasteiger partial charge in [0.1, 0.15) is 5.75 Å². The summed E-state index contributed by atoms with van der Waals surface area (Å²) in [7, 11) is -3.51. The Balaban J connectivity index is 1.43. The van der Waals surface area contributed by atoms with Crippen molar-refractivity contribution in [3.05, 3.63) is 48.5 Å².